The second-order valence-corrected chi connectivity index (χ2v) is 3.41. The van der Waals surface area contributed by atoms with Gasteiger partial charge in [0.25, 0.3) is 0 Å². The Kier molecular flexibility index (Phi) is 4.33. The summed E-state index contributed by atoms with van der Waals surface area (Å²) in [5.41, 5.74) is 6.27. The Morgan fingerprint density at radius 2 is 2.12 bits per heavy atom. The number of carboxylic acids is 1. The number of rotatable bonds is 5. The first-order chi connectivity index (χ1) is 8.04. The zero-order valence-corrected chi connectivity index (χ0v) is 9.49. The summed E-state index contributed by atoms with van der Waals surface area (Å²) in [6.07, 6.45) is 0. The fraction of sp³-hybridized carbons (Fsp3) is 0.273. The lowest BCUT2D eigenvalue weighted by Crippen LogP contribution is -2.29. The molecular weight excluding hydrogens is 222 g/mol. The number of nitrogens with two attached hydrogens (primary N) is 1. The van der Waals surface area contributed by atoms with Crippen LogP contribution in [0.15, 0.2) is 18.2 Å². The SMILES string of the molecule is CCNC(=O)CNc1ccc(N)c(C(=O)O)c1. The maximum absolute atomic E-state index is 11.2. The fourth-order valence-corrected chi connectivity index (χ4v) is 1.29. The zero-order valence-electron chi connectivity index (χ0n) is 9.49. The van der Waals surface area contributed by atoms with Gasteiger partial charge in [0.05, 0.1) is 12.1 Å². The molecule has 0 radical (unpaired) electrons. The number of nitrogens with one attached hydrogen (secondary N) is 2. The average Bonchev–Trinajstić information content (AvgIpc) is 2.28. The molecule has 0 spiro atoms. The maximum Gasteiger partial charge on any atom is 0.337 e. The van der Waals surface area contributed by atoms with Crippen LogP contribution in [0.5, 0.6) is 0 Å². The molecule has 6 heteroatoms. The Morgan fingerprint density at radius 1 is 1.41 bits per heavy atom. The third kappa shape index (κ3) is 3.67. The van der Waals surface area contributed by atoms with E-state index in [2.05, 4.69) is 10.6 Å². The van der Waals surface area contributed by atoms with E-state index in [0.29, 0.717) is 12.2 Å². The van der Waals surface area contributed by atoms with Crippen molar-refractivity contribution < 1.29 is 14.7 Å². The topological polar surface area (TPSA) is 104 Å². The van der Waals surface area contributed by atoms with Gasteiger partial charge in [-0.05, 0) is 25.1 Å². The van der Waals surface area contributed by atoms with E-state index >= 15 is 0 Å². The van der Waals surface area contributed by atoms with Crippen molar-refractivity contribution in [2.75, 3.05) is 24.1 Å². The van der Waals surface area contributed by atoms with Crippen LogP contribution in [0.25, 0.3) is 0 Å². The second kappa shape index (κ2) is 5.74. The number of carboxylic acid groups (broad SMARTS) is 1. The number of amides is 1. The van der Waals surface area contributed by atoms with Gasteiger partial charge in [0.2, 0.25) is 5.91 Å². The molecule has 0 unspecified atom stereocenters. The Labute approximate surface area is 98.8 Å². The largest absolute Gasteiger partial charge is 0.478 e. The molecule has 0 fully saturated rings. The van der Waals surface area contributed by atoms with Crippen molar-refractivity contribution in [2.24, 2.45) is 0 Å². The smallest absolute Gasteiger partial charge is 0.337 e. The van der Waals surface area contributed by atoms with Crippen LogP contribution in [0.4, 0.5) is 11.4 Å². The third-order valence-corrected chi connectivity index (χ3v) is 2.11. The molecule has 0 saturated heterocycles. The number of benzene rings is 1. The van der Waals surface area contributed by atoms with Gasteiger partial charge in [0.1, 0.15) is 0 Å². The predicted octanol–water partition coefficient (Wildman–Crippen LogP) is 0.515. The Balaban J connectivity index is 2.69. The van der Waals surface area contributed by atoms with E-state index in [0.717, 1.165) is 0 Å². The number of likely N-dealkylation sites (N-methyl/N-ethyl adjacent to an activating group) is 1. The Bertz CT molecular complexity index is 432. The lowest BCUT2D eigenvalue weighted by Gasteiger charge is -2.08. The van der Waals surface area contributed by atoms with Crippen molar-refractivity contribution in [2.45, 2.75) is 6.92 Å². The van der Waals surface area contributed by atoms with Crippen molar-refractivity contribution in [1.82, 2.24) is 5.32 Å². The van der Waals surface area contributed by atoms with Gasteiger partial charge in [-0.25, -0.2) is 4.79 Å². The van der Waals surface area contributed by atoms with E-state index in [1.54, 1.807) is 6.07 Å². The molecule has 17 heavy (non-hydrogen) atoms. The molecule has 0 atom stereocenters. The van der Waals surface area contributed by atoms with E-state index in [1.165, 1.54) is 12.1 Å². The molecule has 0 aromatic heterocycles. The third-order valence-electron chi connectivity index (χ3n) is 2.11. The Morgan fingerprint density at radius 3 is 2.71 bits per heavy atom. The first-order valence-electron chi connectivity index (χ1n) is 5.18. The molecule has 5 N–H and O–H groups in total. The summed E-state index contributed by atoms with van der Waals surface area (Å²) < 4.78 is 0. The normalized spacial score (nSPS) is 9.71. The molecule has 0 aliphatic rings. The van der Waals surface area contributed by atoms with Crippen molar-refractivity contribution >= 4 is 23.3 Å². The Hall–Kier alpha value is -2.24. The fourth-order valence-electron chi connectivity index (χ4n) is 1.29. The molecule has 1 aromatic carbocycles. The van der Waals surface area contributed by atoms with E-state index in [9.17, 15) is 9.59 Å². The average molecular weight is 237 g/mol. The molecule has 1 aromatic rings. The van der Waals surface area contributed by atoms with E-state index in [4.69, 9.17) is 10.8 Å². The number of carbonyl (C=O) groups excluding carboxylic acids is 1. The van der Waals surface area contributed by atoms with Gasteiger partial charge in [0, 0.05) is 17.9 Å². The minimum atomic E-state index is -1.09. The van der Waals surface area contributed by atoms with Crippen molar-refractivity contribution in [1.29, 1.82) is 0 Å². The highest BCUT2D eigenvalue weighted by atomic mass is 16.4. The summed E-state index contributed by atoms with van der Waals surface area (Å²) in [7, 11) is 0. The van der Waals surface area contributed by atoms with E-state index in [-0.39, 0.29) is 23.7 Å². The van der Waals surface area contributed by atoms with Crippen LogP contribution in [-0.4, -0.2) is 30.1 Å². The molecule has 0 bridgehead atoms. The van der Waals surface area contributed by atoms with Gasteiger partial charge in [-0.3, -0.25) is 4.79 Å². The minimum absolute atomic E-state index is 0.0194. The van der Waals surface area contributed by atoms with Crippen LogP contribution in [-0.2, 0) is 4.79 Å². The summed E-state index contributed by atoms with van der Waals surface area (Å²) >= 11 is 0. The number of hydrogen-bond donors (Lipinski definition) is 4. The molecular formula is C11H15N3O3. The molecule has 0 aliphatic carbocycles. The van der Waals surface area contributed by atoms with Gasteiger partial charge in [-0.1, -0.05) is 0 Å². The summed E-state index contributed by atoms with van der Waals surface area (Å²) in [6, 6.07) is 4.52. The first-order valence-corrected chi connectivity index (χ1v) is 5.18. The van der Waals surface area contributed by atoms with Crippen LogP contribution in [0.2, 0.25) is 0 Å². The molecule has 0 aliphatic heterocycles. The van der Waals surface area contributed by atoms with E-state index in [1.807, 2.05) is 6.92 Å². The lowest BCUT2D eigenvalue weighted by atomic mass is 10.1. The summed E-state index contributed by atoms with van der Waals surface area (Å²) in [6.45, 7) is 2.48. The lowest BCUT2D eigenvalue weighted by molar-refractivity contribution is -0.119. The number of nitrogen functional groups attached to an aromatic ring is 1. The van der Waals surface area contributed by atoms with Crippen LogP contribution in [0, 0.1) is 0 Å². The number of carbonyl (C=O) groups is 2. The highest BCUT2D eigenvalue weighted by Crippen LogP contribution is 2.17. The minimum Gasteiger partial charge on any atom is -0.478 e. The standard InChI is InChI=1S/C11H15N3O3/c1-2-13-10(15)6-14-7-3-4-9(12)8(5-7)11(16)17/h3-5,14H,2,6,12H2,1H3,(H,13,15)(H,16,17). The summed E-state index contributed by atoms with van der Waals surface area (Å²) in [4.78, 5) is 22.0. The van der Waals surface area contributed by atoms with Gasteiger partial charge >= 0.3 is 5.97 Å². The highest BCUT2D eigenvalue weighted by molar-refractivity contribution is 5.95. The van der Waals surface area contributed by atoms with Crippen LogP contribution in [0.3, 0.4) is 0 Å². The summed E-state index contributed by atoms with van der Waals surface area (Å²) in [5, 5.41) is 14.3. The van der Waals surface area contributed by atoms with Crippen LogP contribution >= 0.6 is 0 Å². The maximum atomic E-state index is 11.2. The molecule has 6 nitrogen and oxygen atoms in total. The molecule has 0 saturated carbocycles. The van der Waals surface area contributed by atoms with Crippen molar-refractivity contribution in [3.8, 4) is 0 Å². The zero-order chi connectivity index (χ0) is 12.8. The van der Waals surface area contributed by atoms with Crippen LogP contribution < -0.4 is 16.4 Å². The predicted molar refractivity (Wildman–Crippen MR) is 65.0 cm³/mol. The second-order valence-electron chi connectivity index (χ2n) is 3.41. The van der Waals surface area contributed by atoms with Gasteiger partial charge in [-0.15, -0.1) is 0 Å². The van der Waals surface area contributed by atoms with Gasteiger partial charge < -0.3 is 21.5 Å². The number of hydrogen-bond acceptors (Lipinski definition) is 4. The molecule has 0 heterocycles. The number of anilines is 2. The molecule has 1 amide bonds. The van der Waals surface area contributed by atoms with Gasteiger partial charge in [0.15, 0.2) is 0 Å². The molecule has 1 rings (SSSR count). The summed E-state index contributed by atoms with van der Waals surface area (Å²) in [5.74, 6) is -1.25. The highest BCUT2D eigenvalue weighted by Gasteiger charge is 2.08. The monoisotopic (exact) mass is 237 g/mol. The van der Waals surface area contributed by atoms with Gasteiger partial charge in [-0.2, -0.15) is 0 Å². The van der Waals surface area contributed by atoms with Crippen LogP contribution in [0.1, 0.15) is 17.3 Å². The number of aromatic carboxylic acids is 1. The quantitative estimate of drug-likeness (QED) is 0.559. The first kappa shape index (κ1) is 12.8. The molecule has 92 valence electrons. The van der Waals surface area contributed by atoms with Crippen molar-refractivity contribution in [3.63, 3.8) is 0 Å². The van der Waals surface area contributed by atoms with E-state index < -0.39 is 5.97 Å². The van der Waals surface area contributed by atoms with Crippen molar-refractivity contribution in [3.05, 3.63) is 23.8 Å².